The van der Waals surface area contributed by atoms with E-state index in [9.17, 15) is 0 Å². The van der Waals surface area contributed by atoms with E-state index in [1.165, 1.54) is 0 Å². The van der Waals surface area contributed by atoms with Crippen molar-refractivity contribution in [2.75, 3.05) is 12.4 Å². The van der Waals surface area contributed by atoms with Gasteiger partial charge in [0.1, 0.15) is 0 Å². The van der Waals surface area contributed by atoms with Gasteiger partial charge in [-0.2, -0.15) is 4.98 Å². The van der Waals surface area contributed by atoms with Crippen LogP contribution in [0.5, 0.6) is 0 Å². The average Bonchev–Trinajstić information content (AvgIpc) is 1.85. The minimum absolute atomic E-state index is 0. The van der Waals surface area contributed by atoms with Crippen LogP contribution in [0.3, 0.4) is 0 Å². The van der Waals surface area contributed by atoms with E-state index in [1.54, 1.807) is 7.05 Å². The Morgan fingerprint density at radius 1 is 1.25 bits per heavy atom. The Morgan fingerprint density at radius 3 is 2.25 bits per heavy atom. The molecule has 0 saturated carbocycles. The summed E-state index contributed by atoms with van der Waals surface area (Å²) in [6.07, 6.45) is 0. The molecule has 3 N–H and O–H groups in total. The molecular weight excluding hydrogens is 214 g/mol. The quantitative estimate of drug-likeness (QED) is 0.476. The molecule has 0 bridgehead atoms. The number of nitrogens with zero attached hydrogens (tertiary/aromatic N) is 1. The summed E-state index contributed by atoms with van der Waals surface area (Å²) in [6.45, 7) is 0. The Kier molecular flexibility index (Phi) is 10.00. The predicted octanol–water partition coefficient (Wildman–Crippen LogP) is 0.477. The molecule has 0 aliphatic carbocycles. The fourth-order valence-corrected chi connectivity index (χ4v) is 0.963. The second-order valence-corrected chi connectivity index (χ2v) is 2.39. The van der Waals surface area contributed by atoms with Crippen molar-refractivity contribution in [3.63, 3.8) is 0 Å². The van der Waals surface area contributed by atoms with Gasteiger partial charge in [-0.1, -0.05) is 0 Å². The van der Waals surface area contributed by atoms with E-state index in [0.29, 0.717) is 15.5 Å². The van der Waals surface area contributed by atoms with E-state index in [1.807, 2.05) is 0 Å². The average molecular weight is 220 g/mol. The van der Waals surface area contributed by atoms with Crippen LogP contribution in [0.25, 0.3) is 0 Å². The normalized spacial score (nSPS) is 7.75. The zero-order chi connectivity index (χ0) is 7.56. The third-order valence-electron chi connectivity index (χ3n) is 0.903. The van der Waals surface area contributed by atoms with E-state index < -0.39 is 0 Å². The molecular formula is C4H6N4Na2S2. The van der Waals surface area contributed by atoms with Gasteiger partial charge in [0.25, 0.3) is 0 Å². The van der Waals surface area contributed by atoms with Crippen molar-refractivity contribution in [2.45, 2.75) is 0 Å². The Morgan fingerprint density at radius 2 is 1.83 bits per heavy atom. The number of hydrogen-bond acceptors (Lipinski definition) is 4. The van der Waals surface area contributed by atoms with Crippen molar-refractivity contribution < 1.29 is 0 Å². The first kappa shape index (κ1) is 15.7. The van der Waals surface area contributed by atoms with Crippen LogP contribution in [-0.4, -0.2) is 81.1 Å². The third kappa shape index (κ3) is 5.08. The summed E-state index contributed by atoms with van der Waals surface area (Å²) in [5.41, 5.74) is 0. The maximum absolute atomic E-state index is 4.80. The Balaban J connectivity index is 0. The van der Waals surface area contributed by atoms with Crippen molar-refractivity contribution in [3.8, 4) is 0 Å². The van der Waals surface area contributed by atoms with E-state index in [4.69, 9.17) is 24.4 Å². The van der Waals surface area contributed by atoms with Crippen molar-refractivity contribution in [1.82, 2.24) is 15.0 Å². The van der Waals surface area contributed by atoms with Crippen LogP contribution >= 0.6 is 24.4 Å². The molecule has 56 valence electrons. The largest absolute Gasteiger partial charge is 0.359 e. The van der Waals surface area contributed by atoms with Crippen LogP contribution in [0.2, 0.25) is 0 Å². The van der Waals surface area contributed by atoms with Gasteiger partial charge in [-0.15, -0.1) is 0 Å². The fourth-order valence-electron chi connectivity index (χ4n) is 0.512. The molecule has 1 rings (SSSR count). The van der Waals surface area contributed by atoms with Crippen molar-refractivity contribution in [3.05, 3.63) is 9.54 Å². The molecule has 1 heterocycles. The summed E-state index contributed by atoms with van der Waals surface area (Å²) >= 11 is 9.56. The summed E-state index contributed by atoms with van der Waals surface area (Å²) in [5, 5.41) is 2.79. The molecule has 4 nitrogen and oxygen atoms in total. The molecule has 0 fully saturated rings. The van der Waals surface area contributed by atoms with Crippen LogP contribution in [0.4, 0.5) is 5.95 Å². The maximum Gasteiger partial charge on any atom is 0.204 e. The molecule has 1 aromatic heterocycles. The van der Waals surface area contributed by atoms with Gasteiger partial charge in [0.2, 0.25) is 10.7 Å². The van der Waals surface area contributed by atoms with Crippen molar-refractivity contribution >= 4 is 89.5 Å². The summed E-state index contributed by atoms with van der Waals surface area (Å²) < 4.78 is 0.859. The van der Waals surface area contributed by atoms with Gasteiger partial charge >= 0.3 is 0 Å². The van der Waals surface area contributed by atoms with E-state index in [-0.39, 0.29) is 59.1 Å². The Labute approximate surface area is 125 Å². The first-order chi connectivity index (χ1) is 4.72. The van der Waals surface area contributed by atoms with Crippen LogP contribution in [-0.2, 0) is 0 Å². The van der Waals surface area contributed by atoms with Gasteiger partial charge in [-0.05, 0) is 24.4 Å². The Bertz CT molecular complexity index is 304. The van der Waals surface area contributed by atoms with Crippen molar-refractivity contribution in [1.29, 1.82) is 0 Å². The first-order valence-corrected chi connectivity index (χ1v) is 3.42. The monoisotopic (exact) mass is 220 g/mol. The predicted molar refractivity (Wildman–Crippen MR) is 55.7 cm³/mol. The number of aromatic nitrogens is 3. The molecule has 0 saturated heterocycles. The second-order valence-electron chi connectivity index (χ2n) is 1.59. The molecule has 1 aromatic rings. The van der Waals surface area contributed by atoms with E-state index in [2.05, 4.69) is 20.3 Å². The van der Waals surface area contributed by atoms with E-state index >= 15 is 0 Å². The summed E-state index contributed by atoms with van der Waals surface area (Å²) in [4.78, 5) is 9.31. The van der Waals surface area contributed by atoms with Gasteiger partial charge in [-0.25, -0.2) is 0 Å². The van der Waals surface area contributed by atoms with Crippen LogP contribution < -0.4 is 5.32 Å². The Hall–Kier alpha value is 1.25. The number of rotatable bonds is 1. The minimum atomic E-state index is 0. The van der Waals surface area contributed by atoms with Crippen LogP contribution in [0, 0.1) is 9.54 Å². The maximum atomic E-state index is 4.80. The van der Waals surface area contributed by atoms with Crippen molar-refractivity contribution in [2.24, 2.45) is 0 Å². The summed E-state index contributed by atoms with van der Waals surface area (Å²) in [5.74, 6) is 0.578. The van der Waals surface area contributed by atoms with E-state index in [0.717, 1.165) is 0 Å². The topological polar surface area (TPSA) is 56.5 Å². The number of H-pyrrole nitrogens is 2. The fraction of sp³-hybridized carbons (Fsp3) is 0.250. The zero-order valence-corrected chi connectivity index (χ0v) is 12.9. The molecule has 0 amide bonds. The van der Waals surface area contributed by atoms with Crippen LogP contribution in [0.15, 0.2) is 0 Å². The van der Waals surface area contributed by atoms with Gasteiger partial charge in [0.15, 0.2) is 4.77 Å². The smallest absolute Gasteiger partial charge is 0.204 e. The third-order valence-corrected chi connectivity index (χ3v) is 1.30. The molecule has 0 aromatic carbocycles. The molecule has 8 heteroatoms. The zero-order valence-electron chi connectivity index (χ0n) is 7.26. The van der Waals surface area contributed by atoms with Gasteiger partial charge in [-0.3, -0.25) is 0 Å². The SMILES string of the molecule is CNc1nc(=S)[nH]c(=S)[nH]1.[Na].[Na]. The molecule has 0 aliphatic rings. The molecule has 0 aliphatic heterocycles. The number of anilines is 1. The number of nitrogens with one attached hydrogen (secondary N) is 3. The van der Waals surface area contributed by atoms with Gasteiger partial charge in [0, 0.05) is 66.2 Å². The number of hydrogen-bond donors (Lipinski definition) is 3. The molecule has 0 spiro atoms. The summed E-state index contributed by atoms with van der Waals surface area (Å²) in [6, 6.07) is 0. The van der Waals surface area contributed by atoms with Crippen LogP contribution in [0.1, 0.15) is 0 Å². The van der Waals surface area contributed by atoms with Gasteiger partial charge < -0.3 is 15.3 Å². The second kappa shape index (κ2) is 7.64. The molecule has 2 radical (unpaired) electrons. The molecule has 0 atom stereocenters. The van der Waals surface area contributed by atoms with Gasteiger partial charge in [0.05, 0.1) is 0 Å². The molecule has 12 heavy (non-hydrogen) atoms. The standard InChI is InChI=1S/C4H6N4S2.2Na/c1-5-2-6-3(9)8-4(10)7-2;;/h1H3,(H3,5,6,7,8,9,10);;. The minimum Gasteiger partial charge on any atom is -0.359 e. The molecule has 0 unspecified atom stereocenters. The first-order valence-electron chi connectivity index (χ1n) is 2.61. The number of aromatic amines is 2. The summed E-state index contributed by atoms with van der Waals surface area (Å²) in [7, 11) is 1.74.